The molecule has 1 amide bonds. The van der Waals surface area contributed by atoms with Gasteiger partial charge in [0.2, 0.25) is 11.0 Å². The molecule has 0 aromatic carbocycles. The third-order valence-electron chi connectivity index (χ3n) is 8.16. The van der Waals surface area contributed by atoms with Gasteiger partial charge < -0.3 is 15.5 Å². The van der Waals surface area contributed by atoms with Gasteiger partial charge in [0, 0.05) is 37.4 Å². The molecule has 12 heteroatoms. The van der Waals surface area contributed by atoms with Crippen molar-refractivity contribution < 1.29 is 4.79 Å². The standard InChI is InChI=1S/C28H28N10OS/c1-16(10-29)33-23-9-24(25-7-6-21-8-18(11-30)12-32-38(21)25)31-13-22(23)26-35-36-27(40-26)37-14-19-4-5-20(15-37)28(19,3)34-17(2)39/h6-9,12-13,16,19-20H,4-5,14-15H2,1-3H3,(H,31,33)(H,34,39)/t16-,19-,20+,28-/m1/s1. The van der Waals surface area contributed by atoms with Gasteiger partial charge >= 0.3 is 0 Å². The molecule has 4 aromatic heterocycles. The molecule has 11 nitrogen and oxygen atoms in total. The number of rotatable bonds is 6. The third kappa shape index (κ3) is 4.40. The number of hydrogen-bond acceptors (Lipinski definition) is 10. The minimum Gasteiger partial charge on any atom is -0.369 e. The van der Waals surface area contributed by atoms with Gasteiger partial charge in [-0.2, -0.15) is 15.6 Å². The Kier molecular flexibility index (Phi) is 6.35. The Bertz CT molecular complexity index is 1680. The number of piperidine rings is 1. The van der Waals surface area contributed by atoms with Crippen molar-refractivity contribution in [3.8, 4) is 34.1 Å². The predicted octanol–water partition coefficient (Wildman–Crippen LogP) is 3.85. The monoisotopic (exact) mass is 552 g/mol. The molecule has 2 N–H and O–H groups in total. The summed E-state index contributed by atoms with van der Waals surface area (Å²) in [5.74, 6) is 0.725. The maximum absolute atomic E-state index is 11.9. The van der Waals surface area contributed by atoms with E-state index in [0.717, 1.165) is 53.5 Å². The van der Waals surface area contributed by atoms with Crippen LogP contribution in [0.5, 0.6) is 0 Å². The van der Waals surface area contributed by atoms with E-state index >= 15 is 0 Å². The number of carbonyl (C=O) groups is 1. The van der Waals surface area contributed by atoms with Gasteiger partial charge in [-0.3, -0.25) is 9.78 Å². The number of amides is 1. The number of anilines is 2. The van der Waals surface area contributed by atoms with Crippen molar-refractivity contribution in [2.45, 2.75) is 45.2 Å². The Morgan fingerprint density at radius 3 is 2.65 bits per heavy atom. The predicted molar refractivity (Wildman–Crippen MR) is 151 cm³/mol. The number of pyridine rings is 1. The van der Waals surface area contributed by atoms with Gasteiger partial charge in [-0.15, -0.1) is 10.2 Å². The number of nitrogens with one attached hydrogen (secondary N) is 2. The Morgan fingerprint density at radius 1 is 1.18 bits per heavy atom. The first-order chi connectivity index (χ1) is 19.3. The average molecular weight is 553 g/mol. The Balaban J connectivity index is 1.31. The molecule has 6 rings (SSSR count). The summed E-state index contributed by atoms with van der Waals surface area (Å²) in [6.07, 6.45) is 5.44. The third-order valence-corrected chi connectivity index (χ3v) is 9.18. The fourth-order valence-electron chi connectivity index (χ4n) is 6.10. The lowest BCUT2D eigenvalue weighted by Gasteiger charge is -2.45. The molecule has 0 unspecified atom stereocenters. The number of nitriles is 2. The molecule has 1 aliphatic heterocycles. The lowest BCUT2D eigenvalue weighted by Crippen LogP contribution is -2.61. The number of fused-ring (bicyclic) bond motifs is 3. The van der Waals surface area contributed by atoms with Gasteiger partial charge in [-0.1, -0.05) is 11.3 Å². The molecule has 4 atom stereocenters. The zero-order chi connectivity index (χ0) is 28.0. The van der Waals surface area contributed by atoms with Crippen LogP contribution in [0.1, 0.15) is 39.2 Å². The number of carbonyl (C=O) groups excluding carboxylic acids is 1. The van der Waals surface area contributed by atoms with Gasteiger partial charge in [0.25, 0.3) is 0 Å². The van der Waals surface area contributed by atoms with Crippen LogP contribution in [0.25, 0.3) is 27.5 Å². The summed E-state index contributed by atoms with van der Waals surface area (Å²) < 4.78 is 1.74. The number of hydrogen-bond donors (Lipinski definition) is 2. The van der Waals surface area contributed by atoms with Crippen molar-refractivity contribution in [2.75, 3.05) is 23.3 Å². The van der Waals surface area contributed by atoms with Crippen molar-refractivity contribution >= 4 is 33.6 Å². The molecule has 2 bridgehead atoms. The highest BCUT2D eigenvalue weighted by molar-refractivity contribution is 7.18. The number of nitrogens with zero attached hydrogens (tertiary/aromatic N) is 8. The van der Waals surface area contributed by atoms with Crippen LogP contribution in [0.15, 0.2) is 36.7 Å². The second-order valence-corrected chi connectivity index (χ2v) is 11.7. The number of aromatic nitrogens is 5. The minimum absolute atomic E-state index is 0.0180. The maximum atomic E-state index is 11.9. The van der Waals surface area contributed by atoms with E-state index in [4.69, 9.17) is 4.98 Å². The van der Waals surface area contributed by atoms with Crippen LogP contribution in [0.3, 0.4) is 0 Å². The molecule has 202 valence electrons. The molecule has 0 spiro atoms. The fourth-order valence-corrected chi connectivity index (χ4v) is 6.99. The zero-order valence-electron chi connectivity index (χ0n) is 22.4. The van der Waals surface area contributed by atoms with E-state index in [9.17, 15) is 15.3 Å². The summed E-state index contributed by atoms with van der Waals surface area (Å²) in [5, 5.41) is 40.2. The van der Waals surface area contributed by atoms with Crippen LogP contribution in [0.2, 0.25) is 0 Å². The SMILES string of the molecule is CC(=O)N[C@]1(C)[C@@H]2CC[C@H]1CN(c1nnc(-c3cnc(-c4ccc5cc(C#N)cnn45)cc3N[C@H](C)C#N)s1)C2. The van der Waals surface area contributed by atoms with Gasteiger partial charge in [0.1, 0.15) is 12.1 Å². The molecule has 5 heterocycles. The summed E-state index contributed by atoms with van der Waals surface area (Å²) in [6, 6.07) is 11.4. The summed E-state index contributed by atoms with van der Waals surface area (Å²) in [5.41, 5.74) is 4.01. The van der Waals surface area contributed by atoms with E-state index in [1.807, 2.05) is 18.2 Å². The lowest BCUT2D eigenvalue weighted by molar-refractivity contribution is -0.121. The van der Waals surface area contributed by atoms with E-state index in [0.29, 0.717) is 28.1 Å². The second kappa shape index (κ2) is 9.88. The summed E-state index contributed by atoms with van der Waals surface area (Å²) >= 11 is 1.50. The van der Waals surface area contributed by atoms with Crippen molar-refractivity contribution in [1.29, 1.82) is 10.5 Å². The smallest absolute Gasteiger partial charge is 0.217 e. The van der Waals surface area contributed by atoms with Crippen LogP contribution in [0.4, 0.5) is 10.8 Å². The lowest BCUT2D eigenvalue weighted by atomic mass is 9.78. The van der Waals surface area contributed by atoms with E-state index in [-0.39, 0.29) is 11.4 Å². The highest BCUT2D eigenvalue weighted by Gasteiger charge is 2.51. The van der Waals surface area contributed by atoms with Crippen LogP contribution >= 0.6 is 11.3 Å². The summed E-state index contributed by atoms with van der Waals surface area (Å²) in [4.78, 5) is 18.9. The molecule has 2 fully saturated rings. The summed E-state index contributed by atoms with van der Waals surface area (Å²) in [7, 11) is 0. The van der Waals surface area contributed by atoms with E-state index < -0.39 is 6.04 Å². The highest BCUT2D eigenvalue weighted by Crippen LogP contribution is 2.47. The summed E-state index contributed by atoms with van der Waals surface area (Å²) in [6.45, 7) is 7.19. The van der Waals surface area contributed by atoms with Crippen LogP contribution in [-0.4, -0.2) is 55.4 Å². The first-order valence-corrected chi connectivity index (χ1v) is 14.0. The van der Waals surface area contributed by atoms with Gasteiger partial charge in [-0.05, 0) is 62.8 Å². The van der Waals surface area contributed by atoms with E-state index in [2.05, 4.69) is 49.9 Å². The topological polar surface area (TPSA) is 148 Å². The van der Waals surface area contributed by atoms with Crippen molar-refractivity contribution in [1.82, 2.24) is 30.1 Å². The van der Waals surface area contributed by atoms with Crippen LogP contribution < -0.4 is 15.5 Å². The minimum atomic E-state index is -0.439. The Labute approximate surface area is 235 Å². The van der Waals surface area contributed by atoms with Gasteiger partial charge in [0.05, 0.1) is 40.3 Å². The molecule has 1 aliphatic carbocycles. The first kappa shape index (κ1) is 25.7. The molecule has 1 saturated carbocycles. The molecule has 2 aliphatic rings. The van der Waals surface area contributed by atoms with E-state index in [1.165, 1.54) is 17.5 Å². The van der Waals surface area contributed by atoms with E-state index in [1.54, 1.807) is 30.6 Å². The second-order valence-electron chi connectivity index (χ2n) is 10.8. The molecular formula is C28H28N10OS. The van der Waals surface area contributed by atoms with Crippen molar-refractivity contribution in [3.05, 3.63) is 42.2 Å². The van der Waals surface area contributed by atoms with Gasteiger partial charge in [0.15, 0.2) is 5.01 Å². The van der Waals surface area contributed by atoms with Gasteiger partial charge in [-0.25, -0.2) is 4.52 Å². The Hall–Kier alpha value is -4.55. The zero-order valence-corrected chi connectivity index (χ0v) is 23.2. The molecule has 1 saturated heterocycles. The quantitative estimate of drug-likeness (QED) is 0.364. The van der Waals surface area contributed by atoms with Crippen LogP contribution in [-0.2, 0) is 4.79 Å². The van der Waals surface area contributed by atoms with Crippen LogP contribution in [0, 0.1) is 34.5 Å². The molecule has 40 heavy (non-hydrogen) atoms. The average Bonchev–Trinajstić information content (AvgIpc) is 3.61. The fraction of sp³-hybridized carbons (Fsp3) is 0.393. The first-order valence-electron chi connectivity index (χ1n) is 13.2. The molecule has 4 aromatic rings. The molecular weight excluding hydrogens is 524 g/mol. The normalized spacial score (nSPS) is 22.5. The Morgan fingerprint density at radius 2 is 1.95 bits per heavy atom. The highest BCUT2D eigenvalue weighted by atomic mass is 32.1. The molecule has 0 radical (unpaired) electrons. The van der Waals surface area contributed by atoms with Crippen molar-refractivity contribution in [2.24, 2.45) is 11.8 Å². The maximum Gasteiger partial charge on any atom is 0.217 e. The largest absolute Gasteiger partial charge is 0.369 e. The van der Waals surface area contributed by atoms with Crippen molar-refractivity contribution in [3.63, 3.8) is 0 Å².